The lowest BCUT2D eigenvalue weighted by Crippen LogP contribution is -2.50. The second-order valence-corrected chi connectivity index (χ2v) is 8.96. The summed E-state index contributed by atoms with van der Waals surface area (Å²) in [6.07, 6.45) is 2.10. The number of rotatable bonds is 10. The number of benzene rings is 1. The average molecular weight is 469 g/mol. The zero-order valence-corrected chi connectivity index (χ0v) is 19.8. The lowest BCUT2D eigenvalue weighted by Gasteiger charge is -2.27. The summed E-state index contributed by atoms with van der Waals surface area (Å²) in [5, 5.41) is 4.63. The molecule has 0 unspecified atom stereocenters. The number of aromatic amines is 1. The molecule has 1 aromatic carbocycles. The quantitative estimate of drug-likeness (QED) is 0.281. The van der Waals surface area contributed by atoms with Gasteiger partial charge in [-0.3, -0.25) is 24.6 Å². The van der Waals surface area contributed by atoms with Crippen molar-refractivity contribution in [2.24, 2.45) is 17.8 Å². The summed E-state index contributed by atoms with van der Waals surface area (Å²) < 4.78 is 5.36. The number of aromatic nitrogens is 1. The largest absolute Gasteiger partial charge is 0.496 e. The fraction of sp³-hybridized carbons (Fsp3) is 0.440. The molecule has 3 amide bonds. The second kappa shape index (κ2) is 11.0. The lowest BCUT2D eigenvalue weighted by molar-refractivity contribution is -0.141. The Morgan fingerprint density at radius 1 is 1.32 bits per heavy atom. The van der Waals surface area contributed by atoms with Crippen molar-refractivity contribution in [1.82, 2.24) is 20.7 Å². The number of carbonyl (C=O) groups is 4. The van der Waals surface area contributed by atoms with Crippen molar-refractivity contribution >= 4 is 34.4 Å². The Morgan fingerprint density at radius 2 is 2.09 bits per heavy atom. The van der Waals surface area contributed by atoms with Crippen molar-refractivity contribution in [3.8, 4) is 5.75 Å². The van der Waals surface area contributed by atoms with Gasteiger partial charge in [-0.2, -0.15) is 0 Å². The monoisotopic (exact) mass is 468 g/mol. The molecular weight excluding hydrogens is 436 g/mol. The van der Waals surface area contributed by atoms with E-state index in [4.69, 9.17) is 4.74 Å². The predicted octanol–water partition coefficient (Wildman–Crippen LogP) is 2.59. The van der Waals surface area contributed by atoms with E-state index in [2.05, 4.69) is 22.3 Å². The maximum atomic E-state index is 13.2. The van der Waals surface area contributed by atoms with Crippen LogP contribution in [0.2, 0.25) is 0 Å². The highest BCUT2D eigenvalue weighted by atomic mass is 16.5. The van der Waals surface area contributed by atoms with Crippen LogP contribution < -0.4 is 15.5 Å². The fourth-order valence-electron chi connectivity index (χ4n) is 4.21. The van der Waals surface area contributed by atoms with E-state index in [-0.39, 0.29) is 30.6 Å². The molecule has 1 saturated heterocycles. The van der Waals surface area contributed by atoms with Gasteiger partial charge in [-0.1, -0.05) is 26.5 Å². The molecule has 0 aliphatic carbocycles. The summed E-state index contributed by atoms with van der Waals surface area (Å²) in [4.78, 5) is 53.7. The smallest absolute Gasteiger partial charge is 0.264 e. The van der Waals surface area contributed by atoms with Gasteiger partial charge in [-0.25, -0.2) is 5.01 Å². The number of ketones is 1. The molecule has 1 aliphatic rings. The van der Waals surface area contributed by atoms with E-state index < -0.39 is 23.7 Å². The maximum Gasteiger partial charge on any atom is 0.264 e. The Hall–Kier alpha value is -3.62. The van der Waals surface area contributed by atoms with E-state index in [0.29, 0.717) is 30.8 Å². The molecule has 1 fully saturated rings. The number of Topliss-reactive ketones (excluding diaryl/α,β-unsaturated/α-hetero) is 1. The van der Waals surface area contributed by atoms with Gasteiger partial charge in [-0.15, -0.1) is 0 Å². The number of carbonyl (C=O) groups excluding carboxylic acids is 4. The van der Waals surface area contributed by atoms with Gasteiger partial charge in [0.2, 0.25) is 11.8 Å². The van der Waals surface area contributed by atoms with Crippen LogP contribution in [0.1, 0.15) is 43.6 Å². The lowest BCUT2D eigenvalue weighted by atomic mass is 9.91. The Labute approximate surface area is 198 Å². The minimum atomic E-state index is -0.654. The Kier molecular flexibility index (Phi) is 8.09. The molecule has 34 heavy (non-hydrogen) atoms. The third-order valence-electron chi connectivity index (χ3n) is 5.95. The number of methoxy groups -OCH3 is 1. The van der Waals surface area contributed by atoms with Crippen molar-refractivity contribution in [1.29, 1.82) is 0 Å². The van der Waals surface area contributed by atoms with Gasteiger partial charge < -0.3 is 15.0 Å². The number of hydrazine groups is 1. The Morgan fingerprint density at radius 3 is 2.71 bits per heavy atom. The van der Waals surface area contributed by atoms with E-state index in [9.17, 15) is 19.2 Å². The number of nitrogens with one attached hydrogen (secondary N) is 3. The number of hydrogen-bond donors (Lipinski definition) is 3. The number of fused-ring (bicyclic) bond motifs is 1. The number of H-pyrrole nitrogens is 1. The number of nitrogens with zero attached hydrogens (tertiary/aromatic N) is 1. The van der Waals surface area contributed by atoms with Gasteiger partial charge in [-0.05, 0) is 43.0 Å². The molecular formula is C25H32N4O5. The van der Waals surface area contributed by atoms with Gasteiger partial charge in [0, 0.05) is 29.8 Å². The van der Waals surface area contributed by atoms with E-state index >= 15 is 0 Å². The van der Waals surface area contributed by atoms with Gasteiger partial charge in [0.25, 0.3) is 5.91 Å². The first-order valence-corrected chi connectivity index (χ1v) is 11.4. The van der Waals surface area contributed by atoms with Crippen LogP contribution in [0.4, 0.5) is 0 Å². The molecule has 0 radical (unpaired) electrons. The van der Waals surface area contributed by atoms with E-state index in [1.54, 1.807) is 13.2 Å². The van der Waals surface area contributed by atoms with E-state index in [0.717, 1.165) is 22.0 Å². The standard InChI is InChI=1S/C25H32N4O5/c1-5-23(31)29(14-16-9-10-26-24(16)32)28-25(33)17(11-15(2)3)12-21(30)20-13-18-19(27-20)7-6-8-22(18)34-4/h5-8,13,15-17,27H,1,9-12,14H2,2-4H3,(H,26,32)(H,28,33)/t16-,17+/m0/s1. The second-order valence-electron chi connectivity index (χ2n) is 8.96. The summed E-state index contributed by atoms with van der Waals surface area (Å²) in [5.41, 5.74) is 3.79. The molecule has 1 aromatic heterocycles. The number of ether oxygens (including phenoxy) is 1. The highest BCUT2D eigenvalue weighted by Gasteiger charge is 2.31. The summed E-state index contributed by atoms with van der Waals surface area (Å²) in [5.74, 6) is -1.58. The Bertz CT molecular complexity index is 1090. The molecule has 2 atom stereocenters. The average Bonchev–Trinajstić information content (AvgIpc) is 3.43. The number of amides is 3. The van der Waals surface area contributed by atoms with Crippen LogP contribution in [0.3, 0.4) is 0 Å². The van der Waals surface area contributed by atoms with Crippen molar-refractivity contribution in [2.45, 2.75) is 33.1 Å². The summed E-state index contributed by atoms with van der Waals surface area (Å²) in [6, 6.07) is 7.23. The SMILES string of the molecule is C=CC(=O)N(C[C@@H]1CCNC1=O)NC(=O)[C@@H](CC(=O)c1cc2c(OC)cccc2[nH]1)CC(C)C. The summed E-state index contributed by atoms with van der Waals surface area (Å²) in [7, 11) is 1.57. The maximum absolute atomic E-state index is 13.2. The van der Waals surface area contributed by atoms with Crippen LogP contribution in [0.15, 0.2) is 36.9 Å². The van der Waals surface area contributed by atoms with Crippen LogP contribution in [0.5, 0.6) is 5.75 Å². The van der Waals surface area contributed by atoms with Crippen molar-refractivity contribution in [3.63, 3.8) is 0 Å². The molecule has 3 N–H and O–H groups in total. The third-order valence-corrected chi connectivity index (χ3v) is 5.95. The van der Waals surface area contributed by atoms with E-state index in [1.165, 1.54) is 0 Å². The molecule has 0 saturated carbocycles. The first-order valence-electron chi connectivity index (χ1n) is 11.4. The zero-order chi connectivity index (χ0) is 24.8. The van der Waals surface area contributed by atoms with Crippen LogP contribution in [0, 0.1) is 17.8 Å². The van der Waals surface area contributed by atoms with Crippen molar-refractivity contribution < 1.29 is 23.9 Å². The topological polar surface area (TPSA) is 121 Å². The summed E-state index contributed by atoms with van der Waals surface area (Å²) in [6.45, 7) is 8.00. The van der Waals surface area contributed by atoms with Crippen molar-refractivity contribution in [2.75, 3.05) is 20.2 Å². The van der Waals surface area contributed by atoms with Gasteiger partial charge in [0.05, 0.1) is 25.3 Å². The molecule has 0 bridgehead atoms. The van der Waals surface area contributed by atoms with Crippen molar-refractivity contribution in [3.05, 3.63) is 42.6 Å². The molecule has 182 valence electrons. The molecule has 2 heterocycles. The van der Waals surface area contributed by atoms with Gasteiger partial charge in [0.1, 0.15) is 5.75 Å². The highest BCUT2D eigenvalue weighted by molar-refractivity contribution is 6.02. The first-order chi connectivity index (χ1) is 16.2. The molecule has 9 heteroatoms. The van der Waals surface area contributed by atoms with Crippen LogP contribution >= 0.6 is 0 Å². The zero-order valence-electron chi connectivity index (χ0n) is 19.8. The third kappa shape index (κ3) is 5.84. The normalized spacial score (nSPS) is 16.2. The Balaban J connectivity index is 1.76. The van der Waals surface area contributed by atoms with Crippen LogP contribution in [-0.4, -0.2) is 53.7 Å². The highest BCUT2D eigenvalue weighted by Crippen LogP contribution is 2.27. The molecule has 2 aromatic rings. The molecule has 9 nitrogen and oxygen atoms in total. The predicted molar refractivity (Wildman–Crippen MR) is 128 cm³/mol. The molecule has 0 spiro atoms. The van der Waals surface area contributed by atoms with Crippen LogP contribution in [0.25, 0.3) is 10.9 Å². The van der Waals surface area contributed by atoms with Crippen LogP contribution in [-0.2, 0) is 14.4 Å². The minimum Gasteiger partial charge on any atom is -0.496 e. The van der Waals surface area contributed by atoms with Gasteiger partial charge in [0.15, 0.2) is 5.78 Å². The first kappa shape index (κ1) is 25.0. The fourth-order valence-corrected chi connectivity index (χ4v) is 4.21. The molecule has 1 aliphatic heterocycles. The number of hydrogen-bond acceptors (Lipinski definition) is 5. The molecule has 3 rings (SSSR count). The van der Waals surface area contributed by atoms with E-state index in [1.807, 2.05) is 32.0 Å². The summed E-state index contributed by atoms with van der Waals surface area (Å²) >= 11 is 0. The minimum absolute atomic E-state index is 0.0286. The van der Waals surface area contributed by atoms with Gasteiger partial charge >= 0.3 is 0 Å².